The van der Waals surface area contributed by atoms with Crippen LogP contribution in [0.1, 0.15) is 10.4 Å². The zero-order valence-corrected chi connectivity index (χ0v) is 7.31. The van der Waals surface area contributed by atoms with Crippen molar-refractivity contribution in [2.45, 2.75) is 0 Å². The molecule has 0 saturated heterocycles. The molecule has 60 valence electrons. The Morgan fingerprint density at radius 2 is 2.08 bits per heavy atom. The van der Waals surface area contributed by atoms with E-state index in [-0.39, 0.29) is 16.0 Å². The van der Waals surface area contributed by atoms with Gasteiger partial charge in [-0.15, -0.1) is 0 Å². The number of rotatable bonds is 1. The molecule has 5 nitrogen and oxygen atoms in total. The van der Waals surface area contributed by atoms with E-state index < -0.39 is 5.56 Å². The summed E-state index contributed by atoms with van der Waals surface area (Å²) in [5, 5.41) is 0. The minimum absolute atomic E-state index is 0.0255. The molecule has 0 aromatic carbocycles. The standard InChI is InChI=1S/C6H6N3O2.Al/c7-6-4(3-10)1-2-5(11)9(6)8;/h1-2H,7-8H2;. The molecule has 4 N–H and O–H groups in total. The van der Waals surface area contributed by atoms with Crippen LogP contribution in [0, 0.1) is 0 Å². The Hall–Kier alpha value is -1.25. The van der Waals surface area contributed by atoms with E-state index in [1.165, 1.54) is 12.1 Å². The highest BCUT2D eigenvalue weighted by Gasteiger charge is 2.06. The molecule has 0 bridgehead atoms. The molecular weight excluding hydrogens is 173 g/mol. The van der Waals surface area contributed by atoms with Crippen molar-refractivity contribution in [3.05, 3.63) is 28.0 Å². The van der Waals surface area contributed by atoms with E-state index in [2.05, 4.69) is 0 Å². The number of nitrogens with zero attached hydrogens (tertiary/aromatic N) is 1. The molecule has 0 amide bonds. The Morgan fingerprint density at radius 1 is 1.50 bits per heavy atom. The highest BCUT2D eigenvalue weighted by Crippen LogP contribution is 2.04. The fourth-order valence-electron chi connectivity index (χ4n) is 0.777. The Morgan fingerprint density at radius 3 is 2.58 bits per heavy atom. The van der Waals surface area contributed by atoms with Gasteiger partial charge in [0.25, 0.3) is 21.8 Å². The monoisotopic (exact) mass is 179 g/mol. The van der Waals surface area contributed by atoms with Gasteiger partial charge in [-0.2, -0.15) is 0 Å². The van der Waals surface area contributed by atoms with Gasteiger partial charge in [0.1, 0.15) is 5.82 Å². The first-order valence-corrected chi connectivity index (χ1v) is 3.68. The van der Waals surface area contributed by atoms with Crippen LogP contribution in [0.3, 0.4) is 0 Å². The van der Waals surface area contributed by atoms with E-state index >= 15 is 0 Å². The van der Waals surface area contributed by atoms with Crippen molar-refractivity contribution in [3.63, 3.8) is 0 Å². The number of nitrogens with two attached hydrogens (primary N) is 2. The summed E-state index contributed by atoms with van der Waals surface area (Å²) in [6.07, 6.45) is 0. The largest absolute Gasteiger partial charge is 0.383 e. The van der Waals surface area contributed by atoms with E-state index in [4.69, 9.17) is 11.6 Å². The van der Waals surface area contributed by atoms with Crippen molar-refractivity contribution in [3.8, 4) is 0 Å². The third-order valence-corrected chi connectivity index (χ3v) is 1.74. The average molecular weight is 179 g/mol. The van der Waals surface area contributed by atoms with Crippen LogP contribution in [0.2, 0.25) is 0 Å². The van der Waals surface area contributed by atoms with E-state index in [0.29, 0.717) is 0 Å². The lowest BCUT2D eigenvalue weighted by molar-refractivity contribution is 0.108. The number of pyridine rings is 1. The van der Waals surface area contributed by atoms with E-state index in [0.717, 1.165) is 4.68 Å². The molecule has 1 rings (SSSR count). The Balaban J connectivity index is 3.47. The molecule has 0 atom stereocenters. The predicted octanol–water partition coefficient (Wildman–Crippen LogP) is -1.55. The first kappa shape index (κ1) is 8.85. The van der Waals surface area contributed by atoms with Gasteiger partial charge in [-0.25, -0.2) is 4.68 Å². The normalized spacial score (nSPS) is 9.67. The van der Waals surface area contributed by atoms with Crippen LogP contribution >= 0.6 is 0 Å². The number of nitrogen functional groups attached to an aromatic ring is 2. The van der Waals surface area contributed by atoms with E-state index in [9.17, 15) is 9.59 Å². The first-order valence-electron chi connectivity index (χ1n) is 3.10. The number of carbonyl (C=O) groups excluding carboxylic acids is 1. The third-order valence-electron chi connectivity index (χ3n) is 1.43. The molecule has 0 aliphatic rings. The van der Waals surface area contributed by atoms with Gasteiger partial charge in [0, 0.05) is 11.6 Å². The summed E-state index contributed by atoms with van der Waals surface area (Å²) in [6, 6.07) is 2.53. The maximum absolute atomic E-state index is 10.9. The SMILES string of the molecule is Nc1c([C](=O)[Al])ccc(=O)n1N. The van der Waals surface area contributed by atoms with Crippen LogP contribution < -0.4 is 17.1 Å². The molecule has 0 fully saturated rings. The Kier molecular flexibility index (Phi) is 2.22. The summed E-state index contributed by atoms with van der Waals surface area (Å²) in [6.45, 7) is 0. The van der Waals surface area contributed by atoms with E-state index in [1.807, 2.05) is 16.3 Å². The molecule has 1 aromatic rings. The smallest absolute Gasteiger partial charge is 0.270 e. The van der Waals surface area contributed by atoms with Crippen LogP contribution in [-0.4, -0.2) is 25.6 Å². The highest BCUT2D eigenvalue weighted by molar-refractivity contribution is 6.62. The molecule has 6 heteroatoms. The molecule has 2 radical (unpaired) electrons. The summed E-state index contributed by atoms with van der Waals surface area (Å²) in [5.41, 5.74) is 5.17. The number of hydrogen-bond acceptors (Lipinski definition) is 4. The molecule has 12 heavy (non-hydrogen) atoms. The van der Waals surface area contributed by atoms with Gasteiger partial charge in [0.05, 0.1) is 4.65 Å². The number of hydrogen-bond donors (Lipinski definition) is 2. The average Bonchev–Trinajstić information content (AvgIpc) is 2.00. The Labute approximate surface area is 76.4 Å². The lowest BCUT2D eigenvalue weighted by atomic mass is 10.3. The molecule has 0 aliphatic carbocycles. The summed E-state index contributed by atoms with van der Waals surface area (Å²) in [4.78, 5) is 21.7. The van der Waals surface area contributed by atoms with Gasteiger partial charge in [-0.1, -0.05) is 0 Å². The number of aromatic nitrogens is 1. The van der Waals surface area contributed by atoms with Crippen LogP contribution in [0.25, 0.3) is 0 Å². The minimum atomic E-state index is -0.442. The predicted molar refractivity (Wildman–Crippen MR) is 45.3 cm³/mol. The molecule has 1 aromatic heterocycles. The van der Waals surface area contributed by atoms with Crippen LogP contribution in [0.5, 0.6) is 0 Å². The molecule has 0 aliphatic heterocycles. The number of anilines is 1. The van der Waals surface area contributed by atoms with Gasteiger partial charge < -0.3 is 16.4 Å². The van der Waals surface area contributed by atoms with Crippen molar-refractivity contribution in [2.75, 3.05) is 11.6 Å². The molecule has 0 saturated carbocycles. The summed E-state index contributed by atoms with van der Waals surface area (Å²) < 4.78 is 0.434. The lowest BCUT2D eigenvalue weighted by Crippen LogP contribution is -2.30. The zero-order valence-electron chi connectivity index (χ0n) is 6.15. The van der Waals surface area contributed by atoms with Gasteiger partial charge in [-0.05, 0) is 6.07 Å². The minimum Gasteiger partial charge on any atom is -0.383 e. The van der Waals surface area contributed by atoms with Crippen LogP contribution in [0.15, 0.2) is 16.9 Å². The fourth-order valence-corrected chi connectivity index (χ4v) is 1.02. The Bertz CT molecular complexity index is 385. The fraction of sp³-hybridized carbons (Fsp3) is 0. The van der Waals surface area contributed by atoms with Crippen LogP contribution in [-0.2, 0) is 0 Å². The molecule has 0 unspecified atom stereocenters. The molecular formula is C6H6AlN3O2. The maximum atomic E-state index is 10.9. The zero-order chi connectivity index (χ0) is 9.30. The quantitative estimate of drug-likeness (QED) is 0.403. The van der Waals surface area contributed by atoms with E-state index in [1.54, 1.807) is 0 Å². The lowest BCUT2D eigenvalue weighted by Gasteiger charge is -2.06. The van der Waals surface area contributed by atoms with Crippen molar-refractivity contribution in [2.24, 2.45) is 0 Å². The second-order valence-electron chi connectivity index (χ2n) is 2.20. The topological polar surface area (TPSA) is 91.1 Å². The number of carbonyl (C=O) groups is 1. The van der Waals surface area contributed by atoms with Crippen molar-refractivity contribution in [1.29, 1.82) is 0 Å². The second-order valence-corrected chi connectivity index (χ2v) is 2.73. The summed E-state index contributed by atoms with van der Waals surface area (Å²) in [7, 11) is 0. The summed E-state index contributed by atoms with van der Waals surface area (Å²) >= 11 is 1.96. The first-order chi connectivity index (χ1) is 5.54. The van der Waals surface area contributed by atoms with Crippen LogP contribution in [0.4, 0.5) is 5.82 Å². The van der Waals surface area contributed by atoms with Gasteiger partial charge in [-0.3, -0.25) is 4.79 Å². The molecule has 0 spiro atoms. The van der Waals surface area contributed by atoms with Gasteiger partial charge in [0.2, 0.25) is 0 Å². The maximum Gasteiger partial charge on any atom is 0.270 e. The van der Waals surface area contributed by atoms with Gasteiger partial charge in [0.15, 0.2) is 0 Å². The molecule has 1 heterocycles. The highest BCUT2D eigenvalue weighted by atomic mass is 27.0. The van der Waals surface area contributed by atoms with Crippen molar-refractivity contribution in [1.82, 2.24) is 4.68 Å². The van der Waals surface area contributed by atoms with Crippen molar-refractivity contribution < 1.29 is 4.79 Å². The third kappa shape index (κ3) is 1.35. The van der Waals surface area contributed by atoms with Gasteiger partial charge >= 0.3 is 0 Å². The van der Waals surface area contributed by atoms with Crippen molar-refractivity contribution >= 4 is 26.8 Å². The summed E-state index contributed by atoms with van der Waals surface area (Å²) in [5.74, 6) is 5.21. The second kappa shape index (κ2) is 3.01.